The molecule has 0 saturated carbocycles. The molecule has 1 fully saturated rings. The minimum Gasteiger partial charge on any atom is -0.449 e. The van der Waals surface area contributed by atoms with Crippen molar-refractivity contribution in [1.82, 2.24) is 4.90 Å². The Morgan fingerprint density at radius 3 is 2.19 bits per heavy atom. The number of nitrogens with zero attached hydrogens (tertiary/aromatic N) is 1. The van der Waals surface area contributed by atoms with Crippen LogP contribution >= 0.6 is 0 Å². The molecule has 0 bridgehead atoms. The standard InChI is InChI=1S/C12H22BF3NO3.K/c1-8-9(7-13(14,15)16)17(12(5,6)19-8)10(18)20-11(2,3)4;/h8-9H,7H2,1-6H3;/q-1;+1/t8-,9+;/m0./s1. The molecule has 1 aliphatic heterocycles. The zero-order valence-corrected chi connectivity index (χ0v) is 16.9. The van der Waals surface area contributed by atoms with Crippen LogP contribution in [0.25, 0.3) is 0 Å². The van der Waals surface area contributed by atoms with Crippen LogP contribution in [-0.4, -0.2) is 41.4 Å². The van der Waals surface area contributed by atoms with Crippen LogP contribution in [0.4, 0.5) is 17.7 Å². The maximum Gasteiger partial charge on any atom is 1.00 e. The fraction of sp³-hybridized carbons (Fsp3) is 0.917. The Bertz CT molecular complexity index is 385. The monoisotopic (exact) mass is 335 g/mol. The molecule has 4 nitrogen and oxygen atoms in total. The predicted octanol–water partition coefficient (Wildman–Crippen LogP) is 0.598. The summed E-state index contributed by atoms with van der Waals surface area (Å²) in [5.41, 5.74) is -1.89. The summed E-state index contributed by atoms with van der Waals surface area (Å²) in [5.74, 6) is 0. The molecule has 2 atom stereocenters. The van der Waals surface area contributed by atoms with Gasteiger partial charge in [0.1, 0.15) is 11.3 Å². The summed E-state index contributed by atoms with van der Waals surface area (Å²) in [6.45, 7) is 4.66. The van der Waals surface area contributed by atoms with E-state index in [1.165, 1.54) is 0 Å². The smallest absolute Gasteiger partial charge is 0.449 e. The van der Waals surface area contributed by atoms with Crippen molar-refractivity contribution in [3.63, 3.8) is 0 Å². The Labute approximate surface area is 166 Å². The van der Waals surface area contributed by atoms with Gasteiger partial charge < -0.3 is 22.4 Å². The van der Waals surface area contributed by atoms with E-state index in [0.29, 0.717) is 0 Å². The third kappa shape index (κ3) is 6.39. The molecule has 9 heteroatoms. The second-order valence-corrected chi connectivity index (χ2v) is 6.63. The van der Waals surface area contributed by atoms with Gasteiger partial charge in [0, 0.05) is 6.04 Å². The molecule has 1 heterocycles. The Balaban J connectivity index is 0.00000400. The summed E-state index contributed by atoms with van der Waals surface area (Å²) < 4.78 is 48.9. The first-order chi connectivity index (χ1) is 8.73. The van der Waals surface area contributed by atoms with Gasteiger partial charge in [-0.2, -0.15) is 0 Å². The summed E-state index contributed by atoms with van der Waals surface area (Å²) in [6.07, 6.45) is -2.53. The van der Waals surface area contributed by atoms with Crippen molar-refractivity contribution in [2.45, 2.75) is 71.3 Å². The average molecular weight is 335 g/mol. The van der Waals surface area contributed by atoms with Crippen LogP contribution in [-0.2, 0) is 9.47 Å². The molecule has 0 unspecified atom stereocenters. The molecule has 1 aliphatic rings. The molecule has 1 rings (SSSR count). The predicted molar refractivity (Wildman–Crippen MR) is 70.4 cm³/mol. The summed E-state index contributed by atoms with van der Waals surface area (Å²) in [4.78, 5) is 13.2. The quantitative estimate of drug-likeness (QED) is 0.694. The van der Waals surface area contributed by atoms with E-state index < -0.39 is 42.9 Å². The zero-order chi connectivity index (χ0) is 15.9. The van der Waals surface area contributed by atoms with E-state index in [2.05, 4.69) is 0 Å². The van der Waals surface area contributed by atoms with Crippen molar-refractivity contribution >= 4 is 13.1 Å². The molecule has 0 radical (unpaired) electrons. The Kier molecular flexibility index (Phi) is 7.33. The molecule has 0 aromatic rings. The van der Waals surface area contributed by atoms with Gasteiger partial charge in [0.15, 0.2) is 0 Å². The van der Waals surface area contributed by atoms with Crippen LogP contribution in [0, 0.1) is 0 Å². The molecule has 21 heavy (non-hydrogen) atoms. The number of hydrogen-bond acceptors (Lipinski definition) is 3. The van der Waals surface area contributed by atoms with E-state index >= 15 is 0 Å². The Hall–Kier alpha value is 0.721. The minimum absolute atomic E-state index is 0. The van der Waals surface area contributed by atoms with E-state index in [0.717, 1.165) is 4.90 Å². The summed E-state index contributed by atoms with van der Waals surface area (Å²) >= 11 is 0. The largest absolute Gasteiger partial charge is 1.00 e. The topological polar surface area (TPSA) is 38.8 Å². The summed E-state index contributed by atoms with van der Waals surface area (Å²) in [6, 6.07) is -1.06. The molecular formula is C12H22BF3KNO3. The van der Waals surface area contributed by atoms with E-state index in [-0.39, 0.29) is 51.4 Å². The molecule has 0 aromatic heterocycles. The second kappa shape index (κ2) is 7.09. The van der Waals surface area contributed by atoms with Crippen LogP contribution in [0.2, 0.25) is 6.32 Å². The zero-order valence-electron chi connectivity index (χ0n) is 13.7. The first kappa shape index (κ1) is 21.7. The maximum atomic E-state index is 12.7. The third-order valence-corrected chi connectivity index (χ3v) is 3.03. The van der Waals surface area contributed by atoms with Gasteiger partial charge in [-0.3, -0.25) is 4.90 Å². The fourth-order valence-electron chi connectivity index (χ4n) is 2.44. The number of ether oxygens (including phenoxy) is 2. The maximum absolute atomic E-state index is 12.7. The first-order valence-corrected chi connectivity index (χ1v) is 6.64. The van der Waals surface area contributed by atoms with Crippen LogP contribution in [0.3, 0.4) is 0 Å². The normalized spacial score (nSPS) is 25.5. The summed E-state index contributed by atoms with van der Waals surface area (Å²) in [7, 11) is 0. The number of hydrogen-bond donors (Lipinski definition) is 0. The number of carbonyl (C=O) groups excluding carboxylic acids is 1. The summed E-state index contributed by atoms with van der Waals surface area (Å²) in [5, 5.41) is 0. The number of amides is 1. The average Bonchev–Trinajstić information content (AvgIpc) is 2.29. The Morgan fingerprint density at radius 1 is 1.33 bits per heavy atom. The molecule has 0 aromatic carbocycles. The van der Waals surface area contributed by atoms with Gasteiger partial charge in [0.05, 0.1) is 6.10 Å². The van der Waals surface area contributed by atoms with Gasteiger partial charge in [-0.25, -0.2) is 4.79 Å². The molecular weight excluding hydrogens is 313 g/mol. The van der Waals surface area contributed by atoms with Crippen molar-refractivity contribution in [3.8, 4) is 0 Å². The second-order valence-electron chi connectivity index (χ2n) is 6.63. The van der Waals surface area contributed by atoms with E-state index in [4.69, 9.17) is 9.47 Å². The molecule has 0 N–H and O–H groups in total. The molecule has 1 saturated heterocycles. The van der Waals surface area contributed by atoms with Crippen LogP contribution in [0.5, 0.6) is 0 Å². The van der Waals surface area contributed by atoms with Crippen LogP contribution in [0.15, 0.2) is 0 Å². The fourth-order valence-corrected chi connectivity index (χ4v) is 2.44. The van der Waals surface area contributed by atoms with Crippen molar-refractivity contribution in [1.29, 1.82) is 0 Å². The first-order valence-electron chi connectivity index (χ1n) is 6.64. The van der Waals surface area contributed by atoms with E-state index in [9.17, 15) is 17.7 Å². The van der Waals surface area contributed by atoms with Crippen molar-refractivity contribution < 1.29 is 78.6 Å². The number of rotatable bonds is 2. The third-order valence-electron chi connectivity index (χ3n) is 3.03. The van der Waals surface area contributed by atoms with Gasteiger partial charge in [-0.15, -0.1) is 0 Å². The van der Waals surface area contributed by atoms with Crippen molar-refractivity contribution in [3.05, 3.63) is 0 Å². The van der Waals surface area contributed by atoms with Crippen molar-refractivity contribution in [2.75, 3.05) is 0 Å². The van der Waals surface area contributed by atoms with Crippen molar-refractivity contribution in [2.24, 2.45) is 0 Å². The molecule has 118 valence electrons. The van der Waals surface area contributed by atoms with E-state index in [1.54, 1.807) is 41.5 Å². The van der Waals surface area contributed by atoms with Gasteiger partial charge in [-0.1, -0.05) is 6.32 Å². The van der Waals surface area contributed by atoms with E-state index in [1.807, 2.05) is 0 Å². The molecule has 0 spiro atoms. The van der Waals surface area contributed by atoms with Gasteiger partial charge in [0.2, 0.25) is 0 Å². The SMILES string of the molecule is C[C@@H]1OC(C)(C)N(C(=O)OC(C)(C)C)[C@@H]1C[B-](F)(F)F.[K+]. The minimum atomic E-state index is -5.02. The Morgan fingerprint density at radius 2 is 1.81 bits per heavy atom. The van der Waals surface area contributed by atoms with Gasteiger partial charge in [-0.05, 0) is 41.5 Å². The van der Waals surface area contributed by atoms with Crippen LogP contribution < -0.4 is 51.4 Å². The number of halogens is 3. The molecule has 0 aliphatic carbocycles. The van der Waals surface area contributed by atoms with Crippen LogP contribution in [0.1, 0.15) is 41.5 Å². The molecule has 1 amide bonds. The van der Waals surface area contributed by atoms with Gasteiger partial charge >= 0.3 is 64.5 Å². The van der Waals surface area contributed by atoms with Gasteiger partial charge in [0.25, 0.3) is 0 Å². The number of carbonyl (C=O) groups is 1.